The Morgan fingerprint density at radius 3 is 2.39 bits per heavy atom. The monoisotopic (exact) mass is 399 g/mol. The minimum absolute atomic E-state index is 0.0535. The zero-order valence-electron chi connectivity index (χ0n) is 14.6. The summed E-state index contributed by atoms with van der Waals surface area (Å²) in [4.78, 5) is 12.1. The van der Waals surface area contributed by atoms with Crippen LogP contribution >= 0.6 is 0 Å². The summed E-state index contributed by atoms with van der Waals surface area (Å²) in [7, 11) is 0. The van der Waals surface area contributed by atoms with E-state index in [1.165, 1.54) is 6.07 Å². The highest BCUT2D eigenvalue weighted by Gasteiger charge is 2.33. The van der Waals surface area contributed by atoms with Crippen LogP contribution in [-0.4, -0.2) is 25.1 Å². The van der Waals surface area contributed by atoms with Gasteiger partial charge in [0.2, 0.25) is 11.9 Å². The third kappa shape index (κ3) is 4.50. The van der Waals surface area contributed by atoms with E-state index in [1.54, 1.807) is 13.8 Å². The van der Waals surface area contributed by atoms with Crippen LogP contribution in [-0.2, 0) is 6.18 Å². The van der Waals surface area contributed by atoms with Crippen molar-refractivity contribution in [2.24, 2.45) is 0 Å². The Morgan fingerprint density at radius 2 is 1.75 bits per heavy atom. The molecule has 7 nitrogen and oxygen atoms in total. The molecule has 12 heteroatoms. The van der Waals surface area contributed by atoms with Gasteiger partial charge in [-0.1, -0.05) is 6.07 Å². The number of nitrogens with zero attached hydrogens (tertiary/aromatic N) is 4. The second-order valence-electron chi connectivity index (χ2n) is 5.85. The Kier molecular flexibility index (Phi) is 5.12. The van der Waals surface area contributed by atoms with E-state index in [2.05, 4.69) is 30.7 Å². The summed E-state index contributed by atoms with van der Waals surface area (Å²) < 4.78 is 64.8. The zero-order chi connectivity index (χ0) is 20.5. The van der Waals surface area contributed by atoms with Crippen molar-refractivity contribution in [2.75, 3.05) is 10.6 Å². The molecule has 2 heterocycles. The molecular formula is C16H14F5N7. The Hall–Kier alpha value is -3.31. The van der Waals surface area contributed by atoms with Gasteiger partial charge in [-0.25, -0.2) is 8.78 Å². The normalized spacial score (nSPS) is 12.7. The minimum atomic E-state index is -4.57. The second-order valence-corrected chi connectivity index (χ2v) is 5.85. The average molecular weight is 399 g/mol. The first kappa shape index (κ1) is 19.5. The van der Waals surface area contributed by atoms with Crippen molar-refractivity contribution < 1.29 is 22.0 Å². The molecular weight excluding hydrogens is 385 g/mol. The molecule has 1 unspecified atom stereocenters. The van der Waals surface area contributed by atoms with Crippen LogP contribution in [0.3, 0.4) is 0 Å². The Balaban J connectivity index is 1.78. The maximum Gasteiger partial charge on any atom is 0.432 e. The van der Waals surface area contributed by atoms with E-state index >= 15 is 0 Å². The molecule has 0 aliphatic rings. The fourth-order valence-electron chi connectivity index (χ4n) is 2.37. The van der Waals surface area contributed by atoms with E-state index in [0.717, 1.165) is 18.2 Å². The molecule has 148 valence electrons. The van der Waals surface area contributed by atoms with Gasteiger partial charge in [0.15, 0.2) is 5.82 Å². The Morgan fingerprint density at radius 1 is 1.04 bits per heavy atom. The highest BCUT2D eigenvalue weighted by atomic mass is 19.4. The number of alkyl halides is 3. The number of benzene rings is 1. The molecule has 1 aromatic carbocycles. The number of anilines is 3. The lowest BCUT2D eigenvalue weighted by molar-refractivity contribution is -0.141. The molecule has 3 rings (SSSR count). The van der Waals surface area contributed by atoms with E-state index in [9.17, 15) is 22.0 Å². The summed E-state index contributed by atoms with van der Waals surface area (Å²) in [5.74, 6) is -1.31. The van der Waals surface area contributed by atoms with Crippen molar-refractivity contribution >= 4 is 17.7 Å². The van der Waals surface area contributed by atoms with Crippen LogP contribution < -0.4 is 10.6 Å². The van der Waals surface area contributed by atoms with Crippen molar-refractivity contribution in [1.82, 2.24) is 25.1 Å². The van der Waals surface area contributed by atoms with Crippen molar-refractivity contribution in [3.63, 3.8) is 0 Å². The quantitative estimate of drug-likeness (QED) is 0.559. The summed E-state index contributed by atoms with van der Waals surface area (Å²) in [6, 6.07) is 3.32. The summed E-state index contributed by atoms with van der Waals surface area (Å²) in [5.41, 5.74) is -0.837. The number of nitrogens with one attached hydrogen (secondary N) is 3. The number of rotatable bonds is 5. The fourth-order valence-corrected chi connectivity index (χ4v) is 2.37. The largest absolute Gasteiger partial charge is 0.432 e. The maximum atomic E-state index is 13.9. The molecule has 1 atom stereocenters. The molecule has 0 spiro atoms. The third-order valence-corrected chi connectivity index (χ3v) is 3.64. The average Bonchev–Trinajstić information content (AvgIpc) is 3.02. The highest BCUT2D eigenvalue weighted by Crippen LogP contribution is 2.29. The minimum Gasteiger partial charge on any atom is -0.347 e. The van der Waals surface area contributed by atoms with E-state index < -0.39 is 29.5 Å². The molecule has 2 aromatic heterocycles. The predicted molar refractivity (Wildman–Crippen MR) is 89.8 cm³/mol. The van der Waals surface area contributed by atoms with Crippen LogP contribution in [0, 0.1) is 18.6 Å². The van der Waals surface area contributed by atoms with Gasteiger partial charge in [0.05, 0.1) is 6.04 Å². The lowest BCUT2D eigenvalue weighted by atomic mass is 10.1. The van der Waals surface area contributed by atoms with Crippen LogP contribution in [0.2, 0.25) is 0 Å². The molecule has 3 N–H and O–H groups in total. The first-order valence-corrected chi connectivity index (χ1v) is 7.95. The summed E-state index contributed by atoms with van der Waals surface area (Å²) in [6.07, 6.45) is -4.57. The molecule has 3 aromatic rings. The van der Waals surface area contributed by atoms with Crippen LogP contribution in [0.5, 0.6) is 0 Å². The molecule has 0 aliphatic carbocycles. The summed E-state index contributed by atoms with van der Waals surface area (Å²) >= 11 is 0. The molecule has 28 heavy (non-hydrogen) atoms. The van der Waals surface area contributed by atoms with Crippen molar-refractivity contribution in [3.8, 4) is 0 Å². The molecule has 0 saturated carbocycles. The van der Waals surface area contributed by atoms with Gasteiger partial charge < -0.3 is 10.6 Å². The lowest BCUT2D eigenvalue weighted by Crippen LogP contribution is -2.13. The number of halogens is 5. The predicted octanol–water partition coefficient (Wildman–Crippen LogP) is 4.12. The van der Waals surface area contributed by atoms with E-state index in [0.29, 0.717) is 0 Å². The topological polar surface area (TPSA) is 91.4 Å². The van der Waals surface area contributed by atoms with E-state index in [-0.39, 0.29) is 29.1 Å². The van der Waals surface area contributed by atoms with Gasteiger partial charge in [-0.3, -0.25) is 5.10 Å². The first-order chi connectivity index (χ1) is 13.1. The molecule has 0 bridgehead atoms. The molecule has 0 amide bonds. The van der Waals surface area contributed by atoms with Crippen LogP contribution in [0.25, 0.3) is 0 Å². The molecule has 0 saturated heterocycles. The number of aromatic nitrogens is 5. The van der Waals surface area contributed by atoms with Gasteiger partial charge in [0, 0.05) is 17.7 Å². The Bertz CT molecular complexity index is 986. The molecule has 0 radical (unpaired) electrons. The fraction of sp³-hybridized carbons (Fsp3) is 0.250. The van der Waals surface area contributed by atoms with Crippen molar-refractivity contribution in [3.05, 3.63) is 53.0 Å². The number of hydrogen-bond donors (Lipinski definition) is 3. The standard InChI is InChI=1S/C16H14F5N7/c1-7(10-4-3-9(17)5-11(10)18)22-14-23-8(2)24-15(26-14)25-13-6-12(27-28-13)16(19,20)21/h3-7H,1-2H3,(H3,22,23,24,25,26,27,28). The number of H-pyrrole nitrogens is 1. The van der Waals surface area contributed by atoms with Crippen molar-refractivity contribution in [1.29, 1.82) is 0 Å². The zero-order valence-corrected chi connectivity index (χ0v) is 14.6. The number of aryl methyl sites for hydroxylation is 1. The van der Waals surface area contributed by atoms with Crippen molar-refractivity contribution in [2.45, 2.75) is 26.1 Å². The van der Waals surface area contributed by atoms with Gasteiger partial charge in [-0.2, -0.15) is 33.2 Å². The smallest absolute Gasteiger partial charge is 0.347 e. The first-order valence-electron chi connectivity index (χ1n) is 7.95. The Labute approximate surface area is 155 Å². The SMILES string of the molecule is Cc1nc(Nc2cc(C(F)(F)F)[nH]n2)nc(NC(C)c2ccc(F)cc2F)n1. The van der Waals surface area contributed by atoms with Crippen LogP contribution in [0.15, 0.2) is 24.3 Å². The van der Waals surface area contributed by atoms with Crippen LogP contribution in [0.1, 0.15) is 30.0 Å². The summed E-state index contributed by atoms with van der Waals surface area (Å²) in [6.45, 7) is 3.17. The van der Waals surface area contributed by atoms with Gasteiger partial charge in [0.25, 0.3) is 0 Å². The molecule has 0 fully saturated rings. The highest BCUT2D eigenvalue weighted by molar-refractivity contribution is 5.50. The number of hydrogen-bond acceptors (Lipinski definition) is 6. The van der Waals surface area contributed by atoms with E-state index in [4.69, 9.17) is 0 Å². The van der Waals surface area contributed by atoms with Gasteiger partial charge in [-0.05, 0) is 19.9 Å². The maximum absolute atomic E-state index is 13.9. The molecule has 0 aliphatic heterocycles. The van der Waals surface area contributed by atoms with E-state index in [1.807, 2.05) is 5.10 Å². The lowest BCUT2D eigenvalue weighted by Gasteiger charge is -2.15. The van der Waals surface area contributed by atoms with Gasteiger partial charge in [-0.15, -0.1) is 0 Å². The summed E-state index contributed by atoms with van der Waals surface area (Å²) in [5, 5.41) is 10.7. The number of aromatic amines is 1. The third-order valence-electron chi connectivity index (χ3n) is 3.64. The van der Waals surface area contributed by atoms with Gasteiger partial charge >= 0.3 is 6.18 Å². The van der Waals surface area contributed by atoms with Gasteiger partial charge in [0.1, 0.15) is 23.2 Å². The van der Waals surface area contributed by atoms with Crippen LogP contribution in [0.4, 0.5) is 39.7 Å². The second kappa shape index (κ2) is 7.37.